The maximum Gasteiger partial charge on any atom is 0.161 e. The third kappa shape index (κ3) is 3.64. The Kier molecular flexibility index (Phi) is 4.71. The lowest BCUT2D eigenvalue weighted by atomic mass is 10.2. The summed E-state index contributed by atoms with van der Waals surface area (Å²) in [6, 6.07) is 9.06. The van der Waals surface area contributed by atoms with Gasteiger partial charge in [-0.05, 0) is 23.8 Å². The molecule has 0 aliphatic rings. The number of hydrogen-bond donors (Lipinski definition) is 3. The van der Waals surface area contributed by atoms with Crippen molar-refractivity contribution in [2.75, 3.05) is 10.7 Å². The summed E-state index contributed by atoms with van der Waals surface area (Å²) in [5.74, 6) is 6.18. The van der Waals surface area contributed by atoms with Crippen molar-refractivity contribution >= 4 is 46.4 Å². The van der Waals surface area contributed by atoms with Gasteiger partial charge in [-0.1, -0.05) is 46.9 Å². The molecule has 100 valence electrons. The summed E-state index contributed by atoms with van der Waals surface area (Å²) < 4.78 is 0. The molecule has 1 heterocycles. The van der Waals surface area contributed by atoms with E-state index in [0.29, 0.717) is 33.2 Å². The smallest absolute Gasteiger partial charge is 0.161 e. The quantitative estimate of drug-likeness (QED) is 0.590. The normalized spacial score (nSPS) is 10.3. The summed E-state index contributed by atoms with van der Waals surface area (Å²) in [5.41, 5.74) is 3.46. The highest BCUT2D eigenvalue weighted by Crippen LogP contribution is 2.28. The monoisotopic (exact) mass is 316 g/mol. The lowest BCUT2D eigenvalue weighted by molar-refractivity contribution is 1.10. The molecule has 19 heavy (non-hydrogen) atoms. The average molecular weight is 318 g/mol. The molecule has 0 atom stereocenters. The number of pyridine rings is 1. The molecule has 0 bridgehead atoms. The molecular formula is C12H11Cl3N4. The Bertz CT molecular complexity index is 572. The number of nitrogen functional groups attached to an aromatic ring is 1. The van der Waals surface area contributed by atoms with Crippen LogP contribution in [0.25, 0.3) is 0 Å². The van der Waals surface area contributed by atoms with Crippen LogP contribution in [0.15, 0.2) is 30.3 Å². The molecule has 0 spiro atoms. The highest BCUT2D eigenvalue weighted by atomic mass is 35.5. The van der Waals surface area contributed by atoms with E-state index in [1.165, 1.54) is 0 Å². The Morgan fingerprint density at radius 3 is 2.26 bits per heavy atom. The van der Waals surface area contributed by atoms with E-state index in [2.05, 4.69) is 15.7 Å². The second-order valence-electron chi connectivity index (χ2n) is 3.77. The Morgan fingerprint density at radius 1 is 1.00 bits per heavy atom. The molecule has 0 aliphatic heterocycles. The zero-order valence-corrected chi connectivity index (χ0v) is 12.0. The zero-order chi connectivity index (χ0) is 13.8. The van der Waals surface area contributed by atoms with Crippen LogP contribution in [0.1, 0.15) is 5.56 Å². The third-order valence-electron chi connectivity index (χ3n) is 2.44. The highest BCUT2D eigenvalue weighted by Gasteiger charge is 2.08. The number of benzene rings is 1. The predicted molar refractivity (Wildman–Crippen MR) is 80.8 cm³/mol. The average Bonchev–Trinajstić information content (AvgIpc) is 2.40. The van der Waals surface area contributed by atoms with Gasteiger partial charge in [-0.25, -0.2) is 10.8 Å². The molecule has 0 saturated heterocycles. The van der Waals surface area contributed by atoms with Gasteiger partial charge in [0.2, 0.25) is 0 Å². The second-order valence-corrected chi connectivity index (χ2v) is 5.02. The number of nitrogens with one attached hydrogen (secondary N) is 2. The maximum atomic E-state index is 6.05. The molecule has 4 N–H and O–H groups in total. The Balaban J connectivity index is 2.13. The van der Waals surface area contributed by atoms with Gasteiger partial charge in [0.25, 0.3) is 0 Å². The minimum atomic E-state index is 0.365. The van der Waals surface area contributed by atoms with Gasteiger partial charge in [-0.2, -0.15) is 0 Å². The summed E-state index contributed by atoms with van der Waals surface area (Å²) in [6.07, 6.45) is 0. The zero-order valence-electron chi connectivity index (χ0n) is 9.75. The van der Waals surface area contributed by atoms with E-state index in [-0.39, 0.29) is 0 Å². The van der Waals surface area contributed by atoms with Crippen LogP contribution < -0.4 is 16.6 Å². The number of nitrogens with zero attached hydrogens (tertiary/aromatic N) is 1. The number of halogens is 3. The van der Waals surface area contributed by atoms with Crippen LogP contribution in [-0.4, -0.2) is 4.98 Å². The molecule has 0 radical (unpaired) electrons. The van der Waals surface area contributed by atoms with E-state index < -0.39 is 0 Å². The molecule has 0 fully saturated rings. The van der Waals surface area contributed by atoms with Crippen molar-refractivity contribution in [3.05, 3.63) is 51.0 Å². The summed E-state index contributed by atoms with van der Waals surface area (Å²) in [4.78, 5) is 4.19. The van der Waals surface area contributed by atoms with E-state index in [9.17, 15) is 0 Å². The van der Waals surface area contributed by atoms with Crippen molar-refractivity contribution in [1.29, 1.82) is 0 Å². The summed E-state index contributed by atoms with van der Waals surface area (Å²) in [5, 5.41) is 4.60. The summed E-state index contributed by atoms with van der Waals surface area (Å²) in [6.45, 7) is 0.565. The van der Waals surface area contributed by atoms with Crippen LogP contribution in [0.5, 0.6) is 0 Å². The number of anilines is 2. The molecule has 2 aromatic rings. The molecule has 0 amide bonds. The first-order chi connectivity index (χ1) is 9.10. The number of aromatic nitrogens is 1. The Labute approximate surface area is 125 Å². The van der Waals surface area contributed by atoms with Gasteiger partial charge in [-0.3, -0.25) is 0 Å². The molecule has 0 saturated carbocycles. The molecule has 0 unspecified atom stereocenters. The van der Waals surface area contributed by atoms with Crippen LogP contribution >= 0.6 is 34.8 Å². The van der Waals surface area contributed by atoms with Gasteiger partial charge in [-0.15, -0.1) is 0 Å². The first kappa shape index (κ1) is 14.2. The van der Waals surface area contributed by atoms with Gasteiger partial charge in [0.1, 0.15) is 5.82 Å². The van der Waals surface area contributed by atoms with Gasteiger partial charge in [0.15, 0.2) is 5.82 Å². The molecule has 1 aromatic heterocycles. The molecular weight excluding hydrogens is 307 g/mol. The SMILES string of the molecule is NNc1nc(NCc2ccc(Cl)cc2)c(Cl)cc1Cl. The molecule has 1 aromatic carbocycles. The van der Waals surface area contributed by atoms with E-state index in [0.717, 1.165) is 5.56 Å². The van der Waals surface area contributed by atoms with Crippen molar-refractivity contribution in [3.8, 4) is 0 Å². The second kappa shape index (κ2) is 6.30. The molecule has 7 heteroatoms. The minimum Gasteiger partial charge on any atom is -0.365 e. The van der Waals surface area contributed by atoms with Crippen molar-refractivity contribution in [2.45, 2.75) is 6.54 Å². The lowest BCUT2D eigenvalue weighted by Crippen LogP contribution is -2.11. The minimum absolute atomic E-state index is 0.365. The lowest BCUT2D eigenvalue weighted by Gasteiger charge is -2.10. The van der Waals surface area contributed by atoms with Crippen molar-refractivity contribution in [3.63, 3.8) is 0 Å². The van der Waals surface area contributed by atoms with E-state index in [1.807, 2.05) is 24.3 Å². The topological polar surface area (TPSA) is 63.0 Å². The fourth-order valence-electron chi connectivity index (χ4n) is 1.48. The number of hydrogen-bond acceptors (Lipinski definition) is 4. The van der Waals surface area contributed by atoms with Crippen LogP contribution in [0.3, 0.4) is 0 Å². The Hall–Kier alpha value is -1.20. The number of nitrogens with two attached hydrogens (primary N) is 1. The first-order valence-electron chi connectivity index (χ1n) is 5.41. The van der Waals surface area contributed by atoms with Gasteiger partial charge in [0.05, 0.1) is 10.0 Å². The van der Waals surface area contributed by atoms with Crippen LogP contribution in [-0.2, 0) is 6.54 Å². The standard InChI is InChI=1S/C12H11Cl3N4/c13-8-3-1-7(2-4-8)6-17-11-9(14)5-10(15)12(18-11)19-16/h1-5H,6,16H2,(H2,17,18,19). The van der Waals surface area contributed by atoms with E-state index >= 15 is 0 Å². The maximum absolute atomic E-state index is 6.05. The summed E-state index contributed by atoms with van der Waals surface area (Å²) in [7, 11) is 0. The van der Waals surface area contributed by atoms with Gasteiger partial charge >= 0.3 is 0 Å². The molecule has 0 aliphatic carbocycles. The number of hydrazine groups is 1. The van der Waals surface area contributed by atoms with E-state index in [4.69, 9.17) is 40.6 Å². The van der Waals surface area contributed by atoms with Crippen LogP contribution in [0.2, 0.25) is 15.1 Å². The van der Waals surface area contributed by atoms with Crippen molar-refractivity contribution in [1.82, 2.24) is 4.98 Å². The highest BCUT2D eigenvalue weighted by molar-refractivity contribution is 6.37. The van der Waals surface area contributed by atoms with Gasteiger partial charge in [0, 0.05) is 11.6 Å². The van der Waals surface area contributed by atoms with Gasteiger partial charge < -0.3 is 10.7 Å². The fourth-order valence-corrected chi connectivity index (χ4v) is 2.09. The Morgan fingerprint density at radius 2 is 1.63 bits per heavy atom. The van der Waals surface area contributed by atoms with Crippen molar-refractivity contribution in [2.24, 2.45) is 5.84 Å². The molecule has 2 rings (SSSR count). The van der Waals surface area contributed by atoms with Crippen LogP contribution in [0.4, 0.5) is 11.6 Å². The predicted octanol–water partition coefficient (Wildman–Crippen LogP) is 3.94. The summed E-state index contributed by atoms with van der Waals surface area (Å²) >= 11 is 17.8. The van der Waals surface area contributed by atoms with E-state index in [1.54, 1.807) is 6.07 Å². The van der Waals surface area contributed by atoms with Crippen LogP contribution in [0, 0.1) is 0 Å². The fraction of sp³-hybridized carbons (Fsp3) is 0.0833. The first-order valence-corrected chi connectivity index (χ1v) is 6.54. The van der Waals surface area contributed by atoms with Crippen molar-refractivity contribution < 1.29 is 0 Å². The number of rotatable bonds is 4. The molecule has 4 nitrogen and oxygen atoms in total. The third-order valence-corrected chi connectivity index (χ3v) is 3.27. The largest absolute Gasteiger partial charge is 0.365 e.